The van der Waals surface area contributed by atoms with Gasteiger partial charge in [0.2, 0.25) is 0 Å². The van der Waals surface area contributed by atoms with Gasteiger partial charge in [-0.2, -0.15) is 0 Å². The number of aliphatic hydroxyl groups excluding tert-OH is 1. The van der Waals surface area contributed by atoms with E-state index in [1.807, 2.05) is 24.3 Å². The molecule has 0 saturated heterocycles. The van der Waals surface area contributed by atoms with Crippen LogP contribution in [-0.4, -0.2) is 42.9 Å². The van der Waals surface area contributed by atoms with Crippen molar-refractivity contribution in [2.75, 3.05) is 32.1 Å². The van der Waals surface area contributed by atoms with Gasteiger partial charge in [-0.25, -0.2) is 0 Å². The predicted molar refractivity (Wildman–Crippen MR) is 109 cm³/mol. The van der Waals surface area contributed by atoms with Gasteiger partial charge in [-0.1, -0.05) is 12.1 Å². The molecule has 2 aromatic carbocycles. The number of hydrogen-bond acceptors (Lipinski definition) is 6. The van der Waals surface area contributed by atoms with Crippen LogP contribution in [0.1, 0.15) is 23.7 Å². The number of phenols is 1. The Morgan fingerprint density at radius 2 is 2.04 bits per heavy atom. The molecule has 152 valence electrons. The molecule has 7 nitrogen and oxygen atoms in total. The van der Waals surface area contributed by atoms with Crippen molar-refractivity contribution in [3.05, 3.63) is 47.5 Å². The molecule has 0 bridgehead atoms. The molecule has 8 heteroatoms. The third-order valence-corrected chi connectivity index (χ3v) is 4.40. The summed E-state index contributed by atoms with van der Waals surface area (Å²) in [5.74, 6) is 0.922. The summed E-state index contributed by atoms with van der Waals surface area (Å²) < 4.78 is 10.6. The lowest BCUT2D eigenvalue weighted by molar-refractivity contribution is -0.118. The smallest absolute Gasteiger partial charge is 0.262 e. The van der Waals surface area contributed by atoms with E-state index in [-0.39, 0.29) is 30.7 Å². The Balaban J connectivity index is 0.00000280. The molecule has 0 saturated carbocycles. The predicted octanol–water partition coefficient (Wildman–Crippen LogP) is 2.41. The molecule has 1 amide bonds. The highest BCUT2D eigenvalue weighted by Crippen LogP contribution is 2.38. The Hall–Kier alpha value is -2.48. The largest absolute Gasteiger partial charge is 0.508 e. The van der Waals surface area contributed by atoms with Crippen molar-refractivity contribution < 1.29 is 24.5 Å². The number of rotatable bonds is 8. The zero-order valence-electron chi connectivity index (χ0n) is 15.6. The lowest BCUT2D eigenvalue weighted by Gasteiger charge is -2.23. The Morgan fingerprint density at radius 1 is 1.29 bits per heavy atom. The van der Waals surface area contributed by atoms with Crippen LogP contribution in [0.25, 0.3) is 0 Å². The zero-order valence-corrected chi connectivity index (χ0v) is 16.4. The van der Waals surface area contributed by atoms with Gasteiger partial charge in [-0.3, -0.25) is 4.79 Å². The summed E-state index contributed by atoms with van der Waals surface area (Å²) in [5, 5.41) is 26.1. The highest BCUT2D eigenvalue weighted by molar-refractivity contribution is 5.96. The summed E-state index contributed by atoms with van der Waals surface area (Å²) in [7, 11) is 1.65. The quantitative estimate of drug-likeness (QED) is 0.500. The number of nitrogens with one attached hydrogen (secondary N) is 2. The van der Waals surface area contributed by atoms with Crippen molar-refractivity contribution >= 4 is 24.0 Å². The van der Waals surface area contributed by atoms with Crippen LogP contribution in [0.3, 0.4) is 0 Å². The molecule has 0 spiro atoms. The number of carbonyl (C=O) groups is 1. The second-order valence-corrected chi connectivity index (χ2v) is 6.42. The standard InChI is InChI=1S/C20H24N2O5.ClH/c1-26-15-6-4-13(5-7-15)3-2-8-21-11-18(24)16-9-14(23)10-17-20(16)27-12-19(25)22-17;/h4-7,9-10,18,21,23-24H,2-3,8,11-12H2,1H3,(H,22,25);1H. The second-order valence-electron chi connectivity index (χ2n) is 6.42. The number of carbonyl (C=O) groups excluding carboxylic acids is 1. The van der Waals surface area contributed by atoms with Crippen molar-refractivity contribution in [1.29, 1.82) is 0 Å². The van der Waals surface area contributed by atoms with E-state index in [0.29, 0.717) is 23.5 Å². The molecule has 1 unspecified atom stereocenters. The Labute approximate surface area is 170 Å². The van der Waals surface area contributed by atoms with Crippen molar-refractivity contribution in [1.82, 2.24) is 5.32 Å². The Kier molecular flexibility index (Phi) is 7.92. The number of anilines is 1. The summed E-state index contributed by atoms with van der Waals surface area (Å²) in [6, 6.07) is 10.8. The van der Waals surface area contributed by atoms with E-state index < -0.39 is 6.10 Å². The summed E-state index contributed by atoms with van der Waals surface area (Å²) in [5.41, 5.74) is 2.05. The number of amides is 1. The number of phenolic OH excluding ortho intramolecular Hbond substituents is 1. The van der Waals surface area contributed by atoms with Crippen molar-refractivity contribution in [2.24, 2.45) is 0 Å². The number of aryl methyl sites for hydroxylation is 1. The molecule has 2 aromatic rings. The van der Waals surface area contributed by atoms with Crippen molar-refractivity contribution in [2.45, 2.75) is 18.9 Å². The van der Waals surface area contributed by atoms with Crippen LogP contribution in [0.2, 0.25) is 0 Å². The molecule has 1 aliphatic rings. The monoisotopic (exact) mass is 408 g/mol. The lowest BCUT2D eigenvalue weighted by Crippen LogP contribution is -2.28. The molecule has 28 heavy (non-hydrogen) atoms. The lowest BCUT2D eigenvalue weighted by atomic mass is 10.0. The maximum absolute atomic E-state index is 11.4. The average molecular weight is 409 g/mol. The number of fused-ring (bicyclic) bond motifs is 1. The number of ether oxygens (including phenoxy) is 2. The van der Waals surface area contributed by atoms with Gasteiger partial charge in [0.05, 0.1) is 18.9 Å². The minimum absolute atomic E-state index is 0. The van der Waals surface area contributed by atoms with E-state index >= 15 is 0 Å². The molecule has 3 rings (SSSR count). The fourth-order valence-electron chi connectivity index (χ4n) is 3.02. The summed E-state index contributed by atoms with van der Waals surface area (Å²) in [4.78, 5) is 11.4. The molecule has 0 aromatic heterocycles. The summed E-state index contributed by atoms with van der Waals surface area (Å²) >= 11 is 0. The van der Waals surface area contributed by atoms with Crippen LogP contribution in [0.5, 0.6) is 17.2 Å². The summed E-state index contributed by atoms with van der Waals surface area (Å²) in [6.07, 6.45) is 0.981. The highest BCUT2D eigenvalue weighted by Gasteiger charge is 2.24. The second kappa shape index (κ2) is 10.2. The van der Waals surface area contributed by atoms with Crippen LogP contribution < -0.4 is 20.1 Å². The maximum Gasteiger partial charge on any atom is 0.262 e. The molecule has 1 heterocycles. The third kappa shape index (κ3) is 5.51. The van der Waals surface area contributed by atoms with Gasteiger partial charge in [-0.05, 0) is 43.1 Å². The van der Waals surface area contributed by atoms with E-state index in [1.54, 1.807) is 7.11 Å². The molecule has 0 aliphatic carbocycles. The van der Waals surface area contributed by atoms with Crippen LogP contribution >= 0.6 is 12.4 Å². The first kappa shape index (κ1) is 21.8. The number of aliphatic hydroxyl groups is 1. The molecule has 0 radical (unpaired) electrons. The molecule has 0 fully saturated rings. The molecule has 1 aliphatic heterocycles. The zero-order chi connectivity index (χ0) is 19.2. The molecular formula is C20H25ClN2O5. The van der Waals surface area contributed by atoms with Crippen LogP contribution in [0.4, 0.5) is 5.69 Å². The van der Waals surface area contributed by atoms with Gasteiger partial charge < -0.3 is 30.3 Å². The Morgan fingerprint density at radius 3 is 2.75 bits per heavy atom. The third-order valence-electron chi connectivity index (χ3n) is 4.40. The van der Waals surface area contributed by atoms with E-state index in [2.05, 4.69) is 10.6 Å². The van der Waals surface area contributed by atoms with Crippen molar-refractivity contribution in [3.8, 4) is 17.2 Å². The fourth-order valence-corrected chi connectivity index (χ4v) is 3.02. The van der Waals surface area contributed by atoms with E-state index in [1.165, 1.54) is 17.7 Å². The van der Waals surface area contributed by atoms with E-state index in [0.717, 1.165) is 25.1 Å². The number of hydrogen-bond donors (Lipinski definition) is 4. The SMILES string of the molecule is COc1ccc(CCCNCC(O)c2cc(O)cc3c2OCC(=O)N3)cc1.Cl. The van der Waals surface area contributed by atoms with Crippen LogP contribution in [-0.2, 0) is 11.2 Å². The van der Waals surface area contributed by atoms with Gasteiger partial charge >= 0.3 is 0 Å². The number of methoxy groups -OCH3 is 1. The topological polar surface area (TPSA) is 100 Å². The maximum atomic E-state index is 11.4. The first-order valence-electron chi connectivity index (χ1n) is 8.88. The Bertz CT molecular complexity index is 798. The van der Waals surface area contributed by atoms with Gasteiger partial charge in [0, 0.05) is 18.2 Å². The first-order chi connectivity index (χ1) is 13.1. The normalized spacial score (nSPS) is 13.6. The van der Waals surface area contributed by atoms with Gasteiger partial charge in [0.25, 0.3) is 5.91 Å². The molecule has 4 N–H and O–H groups in total. The van der Waals surface area contributed by atoms with Gasteiger partial charge in [0.1, 0.15) is 17.2 Å². The van der Waals surface area contributed by atoms with E-state index in [9.17, 15) is 15.0 Å². The first-order valence-corrected chi connectivity index (χ1v) is 8.88. The highest BCUT2D eigenvalue weighted by atomic mass is 35.5. The summed E-state index contributed by atoms with van der Waals surface area (Å²) in [6.45, 7) is 0.949. The number of halogens is 1. The van der Waals surface area contributed by atoms with Crippen LogP contribution in [0, 0.1) is 0 Å². The van der Waals surface area contributed by atoms with E-state index in [4.69, 9.17) is 9.47 Å². The molecule has 1 atom stereocenters. The molecular weight excluding hydrogens is 384 g/mol. The average Bonchev–Trinajstić information content (AvgIpc) is 2.67. The number of aromatic hydroxyl groups is 1. The van der Waals surface area contributed by atoms with Gasteiger partial charge in [-0.15, -0.1) is 12.4 Å². The van der Waals surface area contributed by atoms with Crippen molar-refractivity contribution in [3.63, 3.8) is 0 Å². The van der Waals surface area contributed by atoms with Gasteiger partial charge in [0.15, 0.2) is 6.61 Å². The minimum atomic E-state index is -0.859. The number of benzene rings is 2. The van der Waals surface area contributed by atoms with Crippen LogP contribution in [0.15, 0.2) is 36.4 Å². The fraction of sp³-hybridized carbons (Fsp3) is 0.350. The minimum Gasteiger partial charge on any atom is -0.508 e.